The highest BCUT2D eigenvalue weighted by Gasteiger charge is 2.64. The molecule has 0 aromatic rings. The minimum absolute atomic E-state index is 0.136. The van der Waals surface area contributed by atoms with E-state index in [-0.39, 0.29) is 23.7 Å². The molecule has 200 valence electrons. The van der Waals surface area contributed by atoms with Gasteiger partial charge in [-0.25, -0.2) is 0 Å². The van der Waals surface area contributed by atoms with Crippen molar-refractivity contribution >= 4 is 35.2 Å². The van der Waals surface area contributed by atoms with Gasteiger partial charge in [-0.15, -0.1) is 0 Å². The summed E-state index contributed by atoms with van der Waals surface area (Å²) in [5, 5.41) is 0. The molecule has 0 aliphatic heterocycles. The second-order valence-electron chi connectivity index (χ2n) is 11.0. The number of hydrogen-bond donors (Lipinski definition) is 6. The third-order valence-corrected chi connectivity index (χ3v) is 21.6. The second-order valence-corrected chi connectivity index (χ2v) is 22.3. The molecule has 0 bridgehead atoms. The molecule has 6 unspecified atom stereocenters. The van der Waals surface area contributed by atoms with E-state index in [1.165, 1.54) is 0 Å². The van der Waals surface area contributed by atoms with E-state index in [0.717, 1.165) is 0 Å². The Balaban J connectivity index is 6.51. The molecule has 0 aromatic carbocycles. The topological polar surface area (TPSA) is 149 Å². The number of rotatable bonds is 14. The predicted octanol–water partition coefficient (Wildman–Crippen LogP) is 2.93. The summed E-state index contributed by atoms with van der Waals surface area (Å²) in [4.78, 5) is 66.7. The van der Waals surface area contributed by atoms with Gasteiger partial charge in [0.15, 0.2) is 0 Å². The van der Waals surface area contributed by atoms with Gasteiger partial charge in [0.05, 0.1) is 0 Å². The van der Waals surface area contributed by atoms with Crippen LogP contribution in [0.2, 0.25) is 22.2 Å². The van der Waals surface area contributed by atoms with E-state index in [2.05, 4.69) is 0 Å². The van der Waals surface area contributed by atoms with Crippen LogP contribution in [0.25, 0.3) is 0 Å². The Kier molecular flexibility index (Phi) is 12.4. The Morgan fingerprint density at radius 1 is 0.364 bits per heavy atom. The summed E-state index contributed by atoms with van der Waals surface area (Å²) in [6, 6.07) is 0. The highest BCUT2D eigenvalue weighted by Crippen LogP contribution is 2.41. The molecule has 33 heavy (non-hydrogen) atoms. The Morgan fingerprint density at radius 3 is 0.758 bits per heavy atom. The van der Waals surface area contributed by atoms with Crippen molar-refractivity contribution in [3.8, 4) is 0 Å². The summed E-state index contributed by atoms with van der Waals surface area (Å²) in [5.41, 5.74) is -2.66. The molecule has 9 nitrogen and oxygen atoms in total. The van der Waals surface area contributed by atoms with Crippen molar-refractivity contribution in [2.45, 2.75) is 105 Å². The van der Waals surface area contributed by atoms with Crippen LogP contribution in [0.15, 0.2) is 0 Å². The first-order valence-corrected chi connectivity index (χ1v) is 19.4. The molecule has 0 aliphatic rings. The van der Waals surface area contributed by atoms with E-state index in [0.29, 0.717) is 0 Å². The van der Waals surface area contributed by atoms with Crippen LogP contribution in [-0.2, 0) is 12.3 Å². The SMILES string of the molecule is CC(C)C(C)[Si](O)(O)O[Si](O)(O[Si](O)(O[Si](O)(O)C(C)C(C)C)C(C)C(C)C)C(C)C(C)C. The van der Waals surface area contributed by atoms with Gasteiger partial charge >= 0.3 is 35.2 Å². The summed E-state index contributed by atoms with van der Waals surface area (Å²) in [7, 11) is -17.9. The van der Waals surface area contributed by atoms with Gasteiger partial charge in [-0.3, -0.25) is 0 Å². The minimum atomic E-state index is -4.52. The van der Waals surface area contributed by atoms with Crippen molar-refractivity contribution in [2.24, 2.45) is 23.7 Å². The second kappa shape index (κ2) is 12.2. The summed E-state index contributed by atoms with van der Waals surface area (Å²) in [5.74, 6) is -0.646. The van der Waals surface area contributed by atoms with Crippen molar-refractivity contribution in [3.63, 3.8) is 0 Å². The molecule has 0 amide bonds. The zero-order valence-corrected chi connectivity index (χ0v) is 26.5. The van der Waals surface area contributed by atoms with E-state index in [1.807, 2.05) is 55.4 Å². The van der Waals surface area contributed by atoms with Gasteiger partial charge in [0, 0.05) is 22.2 Å². The van der Waals surface area contributed by atoms with Crippen molar-refractivity contribution in [3.05, 3.63) is 0 Å². The summed E-state index contributed by atoms with van der Waals surface area (Å²) < 4.78 is 17.4. The van der Waals surface area contributed by atoms with Gasteiger partial charge in [0.2, 0.25) is 0 Å². The average Bonchev–Trinajstić information content (AvgIpc) is 2.63. The molecule has 0 saturated carbocycles. The van der Waals surface area contributed by atoms with Crippen LogP contribution in [0.5, 0.6) is 0 Å². The van der Waals surface area contributed by atoms with Crippen molar-refractivity contribution < 1.29 is 41.1 Å². The average molecular weight is 547 g/mol. The molecule has 0 fully saturated rings. The summed E-state index contributed by atoms with van der Waals surface area (Å²) in [6.07, 6.45) is 0. The Bertz CT molecular complexity index is 556. The van der Waals surface area contributed by atoms with E-state index in [1.54, 1.807) is 27.7 Å². The maximum atomic E-state index is 11.7. The first kappa shape index (κ1) is 33.5. The normalized spacial score (nSPS) is 21.3. The molecule has 0 saturated heterocycles. The lowest BCUT2D eigenvalue weighted by Crippen LogP contribution is -2.68. The van der Waals surface area contributed by atoms with Crippen LogP contribution in [0.4, 0.5) is 0 Å². The van der Waals surface area contributed by atoms with E-state index in [9.17, 15) is 28.8 Å². The largest absolute Gasteiger partial charge is 0.491 e. The molecule has 6 atom stereocenters. The Morgan fingerprint density at radius 2 is 0.576 bits per heavy atom. The molecule has 0 aromatic heterocycles. The van der Waals surface area contributed by atoms with Crippen molar-refractivity contribution in [2.75, 3.05) is 0 Å². The zero-order chi connectivity index (χ0) is 26.7. The molecule has 0 aliphatic carbocycles. The lowest BCUT2D eigenvalue weighted by molar-refractivity contribution is 0.0813. The fraction of sp³-hybridized carbons (Fsp3) is 1.00. The van der Waals surface area contributed by atoms with Gasteiger partial charge in [0.25, 0.3) is 0 Å². The quantitative estimate of drug-likeness (QED) is 0.181. The first-order chi connectivity index (χ1) is 14.5. The van der Waals surface area contributed by atoms with Crippen molar-refractivity contribution in [1.29, 1.82) is 0 Å². The van der Waals surface area contributed by atoms with Crippen LogP contribution in [0.3, 0.4) is 0 Å². The maximum absolute atomic E-state index is 11.7. The van der Waals surface area contributed by atoms with Gasteiger partial charge in [0.1, 0.15) is 0 Å². The fourth-order valence-corrected chi connectivity index (χ4v) is 17.0. The molecule has 0 radical (unpaired) electrons. The molecule has 0 rings (SSSR count). The summed E-state index contributed by atoms with van der Waals surface area (Å²) >= 11 is 0. The lowest BCUT2D eigenvalue weighted by Gasteiger charge is -2.45. The van der Waals surface area contributed by atoms with Crippen molar-refractivity contribution in [1.82, 2.24) is 0 Å². The fourth-order valence-electron chi connectivity index (χ4n) is 2.95. The Hall–Kier alpha value is 0.508. The van der Waals surface area contributed by atoms with Gasteiger partial charge in [-0.2, -0.15) is 0 Å². The molecule has 6 N–H and O–H groups in total. The smallest absolute Gasteiger partial charge is 0.390 e. The van der Waals surface area contributed by atoms with Crippen LogP contribution >= 0.6 is 0 Å². The third-order valence-electron chi connectivity index (χ3n) is 7.22. The molecule has 0 spiro atoms. The standard InChI is InChI=1S/C20H50O9Si4/c1-13(2)17(9)30(21,22)27-32(25,19(11)15(5)6)29-33(26,20(12)16(7)8)28-31(23,24)18(10)14(3)4/h13-26H,1-12H3. The van der Waals surface area contributed by atoms with E-state index in [4.69, 9.17) is 12.3 Å². The van der Waals surface area contributed by atoms with Crippen LogP contribution in [0.1, 0.15) is 83.1 Å². The first-order valence-electron chi connectivity index (χ1n) is 12.0. The van der Waals surface area contributed by atoms with E-state index < -0.39 is 57.4 Å². The van der Waals surface area contributed by atoms with Gasteiger partial charge < -0.3 is 41.1 Å². The monoisotopic (exact) mass is 546 g/mol. The van der Waals surface area contributed by atoms with E-state index >= 15 is 0 Å². The van der Waals surface area contributed by atoms with Crippen LogP contribution < -0.4 is 0 Å². The molecular formula is C20H50O9Si4. The lowest BCUT2D eigenvalue weighted by atomic mass is 10.1. The summed E-state index contributed by atoms with van der Waals surface area (Å²) in [6.45, 7) is 21.1. The third kappa shape index (κ3) is 8.84. The predicted molar refractivity (Wildman–Crippen MR) is 137 cm³/mol. The number of hydrogen-bond acceptors (Lipinski definition) is 9. The van der Waals surface area contributed by atoms with Gasteiger partial charge in [-0.1, -0.05) is 83.1 Å². The van der Waals surface area contributed by atoms with Crippen LogP contribution in [0, 0.1) is 23.7 Å². The minimum Gasteiger partial charge on any atom is -0.390 e. The van der Waals surface area contributed by atoms with Gasteiger partial charge in [-0.05, 0) is 23.7 Å². The molecule has 13 heteroatoms. The molecule has 0 heterocycles. The highest BCUT2D eigenvalue weighted by atomic mass is 28.5. The van der Waals surface area contributed by atoms with Crippen LogP contribution in [-0.4, -0.2) is 64.0 Å². The highest BCUT2D eigenvalue weighted by molar-refractivity contribution is 6.83. The zero-order valence-electron chi connectivity index (χ0n) is 22.5. The Labute approximate surface area is 205 Å². The maximum Gasteiger partial charge on any atom is 0.491 e. The molecular weight excluding hydrogens is 497 g/mol.